The summed E-state index contributed by atoms with van der Waals surface area (Å²) in [6.45, 7) is 4.03. The van der Waals surface area contributed by atoms with Crippen molar-refractivity contribution in [1.82, 2.24) is 4.90 Å². The Hall–Kier alpha value is -1.000. The van der Waals surface area contributed by atoms with Gasteiger partial charge in [-0.1, -0.05) is 65.5 Å². The van der Waals surface area contributed by atoms with Crippen LogP contribution in [-0.4, -0.2) is 30.3 Å². The molecule has 1 fully saturated rings. The summed E-state index contributed by atoms with van der Waals surface area (Å²) in [5.74, 6) is -0.00302. The van der Waals surface area contributed by atoms with Crippen molar-refractivity contribution < 1.29 is 4.79 Å². The smallest absolute Gasteiger partial charge is 0.187 e. The molecule has 0 amide bonds. The van der Waals surface area contributed by atoms with Gasteiger partial charge in [0, 0.05) is 44.3 Å². The molecule has 0 saturated carbocycles. The number of Topliss-reactive ketones (excluding diaryl/α,β-unsaturated/α-hetero) is 1. The Morgan fingerprint density at radius 1 is 0.857 bits per heavy atom. The van der Waals surface area contributed by atoms with E-state index in [2.05, 4.69) is 11.8 Å². The Morgan fingerprint density at radius 3 is 1.64 bits per heavy atom. The van der Waals surface area contributed by atoms with Crippen LogP contribution in [0.3, 0.4) is 0 Å². The van der Waals surface area contributed by atoms with Gasteiger partial charge in [0.1, 0.15) is 0 Å². The molecule has 0 bridgehead atoms. The highest BCUT2D eigenvalue weighted by molar-refractivity contribution is 6.36. The lowest BCUT2D eigenvalue weighted by Gasteiger charge is -2.28. The molecule has 0 radical (unpaired) electrons. The highest BCUT2D eigenvalue weighted by atomic mass is 35.5. The van der Waals surface area contributed by atoms with Gasteiger partial charge >= 0.3 is 0 Å². The van der Waals surface area contributed by atoms with E-state index >= 15 is 0 Å². The molecule has 1 heterocycles. The van der Waals surface area contributed by atoms with Crippen LogP contribution in [0.15, 0.2) is 47.5 Å². The Morgan fingerprint density at radius 2 is 1.29 bits per heavy atom. The van der Waals surface area contributed by atoms with Crippen LogP contribution in [0.4, 0.5) is 0 Å². The lowest BCUT2D eigenvalue weighted by atomic mass is 9.94. The number of carbonyl (C=O) groups is 1. The van der Waals surface area contributed by atoms with Crippen LogP contribution in [-0.2, 0) is 4.79 Å². The predicted molar refractivity (Wildman–Crippen MR) is 123 cm³/mol. The molecule has 148 valence electrons. The van der Waals surface area contributed by atoms with E-state index in [0.717, 1.165) is 17.7 Å². The Kier molecular flexibility index (Phi) is 8.44. The van der Waals surface area contributed by atoms with E-state index in [0.29, 0.717) is 44.3 Å². The Bertz CT molecular complexity index is 878. The van der Waals surface area contributed by atoms with E-state index in [9.17, 15) is 4.79 Å². The lowest BCUT2D eigenvalue weighted by molar-refractivity contribution is -0.113. The van der Waals surface area contributed by atoms with Crippen LogP contribution in [0, 0.1) is 0 Å². The minimum Gasteiger partial charge on any atom is -0.295 e. The number of nitrogens with zero attached hydrogens (tertiary/aromatic N) is 1. The van der Waals surface area contributed by atoms with E-state index < -0.39 is 0 Å². The second-order valence-electron chi connectivity index (χ2n) is 6.30. The molecule has 2 nitrogen and oxygen atoms in total. The number of piperidine rings is 1. The molecule has 0 aromatic heterocycles. The molecule has 0 atom stereocenters. The summed E-state index contributed by atoms with van der Waals surface area (Å²) in [6.07, 6.45) is 3.67. The van der Waals surface area contributed by atoms with Crippen LogP contribution in [0.25, 0.3) is 12.2 Å². The summed E-state index contributed by atoms with van der Waals surface area (Å²) in [4.78, 5) is 15.2. The second kappa shape index (κ2) is 10.2. The highest BCUT2D eigenvalue weighted by Crippen LogP contribution is 2.28. The van der Waals surface area contributed by atoms with Crippen molar-refractivity contribution in [3.63, 3.8) is 0 Å². The molecule has 0 unspecified atom stereocenters. The minimum atomic E-state index is -0.00302. The van der Waals surface area contributed by atoms with Crippen LogP contribution in [0.5, 0.6) is 0 Å². The molecule has 1 saturated heterocycles. The van der Waals surface area contributed by atoms with Gasteiger partial charge in [0.2, 0.25) is 0 Å². The summed E-state index contributed by atoms with van der Waals surface area (Å²) in [5, 5.41) is 2.15. The fourth-order valence-electron chi connectivity index (χ4n) is 2.95. The van der Waals surface area contributed by atoms with Crippen molar-refractivity contribution in [2.75, 3.05) is 19.6 Å². The van der Waals surface area contributed by atoms with E-state index in [-0.39, 0.29) is 18.2 Å². The summed E-state index contributed by atoms with van der Waals surface area (Å²) in [7, 11) is 0. The van der Waals surface area contributed by atoms with Gasteiger partial charge in [-0.05, 0) is 54.1 Å². The third-order valence-electron chi connectivity index (χ3n) is 4.40. The average Bonchev–Trinajstić information content (AvgIpc) is 2.62. The zero-order valence-corrected chi connectivity index (χ0v) is 18.9. The van der Waals surface area contributed by atoms with Gasteiger partial charge in [-0.15, -0.1) is 12.4 Å². The monoisotopic (exact) mass is 475 g/mol. The first kappa shape index (κ1) is 23.3. The second-order valence-corrected chi connectivity index (χ2v) is 7.99. The minimum absolute atomic E-state index is 0. The maximum Gasteiger partial charge on any atom is 0.187 e. The molecule has 3 rings (SSSR count). The van der Waals surface area contributed by atoms with E-state index in [4.69, 9.17) is 46.4 Å². The standard InChI is InChI=1S/C21H17Cl4NO.ClH/c1-2-26-11-15(7-13-3-5-17(22)9-19(13)24)21(27)16(12-26)8-14-4-6-18(23)10-20(14)25;/h3-10H,2,11-12H2,1H3;1H/b15-7-,16-8+;. The van der Waals surface area contributed by atoms with Gasteiger partial charge in [0.15, 0.2) is 5.78 Å². The average molecular weight is 478 g/mol. The molecule has 1 aliphatic heterocycles. The van der Waals surface area contributed by atoms with Gasteiger partial charge in [-0.25, -0.2) is 0 Å². The van der Waals surface area contributed by atoms with Crippen molar-refractivity contribution in [2.45, 2.75) is 6.92 Å². The number of benzene rings is 2. The van der Waals surface area contributed by atoms with E-state index in [1.165, 1.54) is 0 Å². The first-order valence-electron chi connectivity index (χ1n) is 8.45. The quantitative estimate of drug-likeness (QED) is 0.440. The third kappa shape index (κ3) is 5.54. The zero-order chi connectivity index (χ0) is 19.6. The van der Waals surface area contributed by atoms with Gasteiger partial charge in [0.25, 0.3) is 0 Å². The number of ketones is 1. The number of halogens is 5. The number of hydrogen-bond donors (Lipinski definition) is 0. The Balaban J connectivity index is 0.00000280. The molecule has 0 spiro atoms. The predicted octanol–water partition coefficient (Wildman–Crippen LogP) is 7.09. The maximum absolute atomic E-state index is 13.1. The first-order valence-corrected chi connectivity index (χ1v) is 9.97. The molecule has 0 aliphatic carbocycles. The summed E-state index contributed by atoms with van der Waals surface area (Å²) in [5.41, 5.74) is 2.91. The van der Waals surface area contributed by atoms with E-state index in [1.807, 2.05) is 24.3 Å². The lowest BCUT2D eigenvalue weighted by Crippen LogP contribution is -2.37. The molecule has 2 aromatic rings. The van der Waals surface area contributed by atoms with E-state index in [1.54, 1.807) is 24.3 Å². The van der Waals surface area contributed by atoms with Crippen molar-refractivity contribution in [3.05, 3.63) is 78.8 Å². The molecular formula is C21H18Cl5NO. The fourth-order valence-corrected chi connectivity index (χ4v) is 3.87. The molecule has 0 N–H and O–H groups in total. The first-order chi connectivity index (χ1) is 12.9. The van der Waals surface area contributed by atoms with Gasteiger partial charge in [0.05, 0.1) is 0 Å². The van der Waals surface area contributed by atoms with Crippen LogP contribution in [0.1, 0.15) is 18.1 Å². The summed E-state index contributed by atoms with van der Waals surface area (Å²) >= 11 is 24.5. The summed E-state index contributed by atoms with van der Waals surface area (Å²) < 4.78 is 0. The maximum atomic E-state index is 13.1. The van der Waals surface area contributed by atoms with Crippen molar-refractivity contribution in [3.8, 4) is 0 Å². The highest BCUT2D eigenvalue weighted by Gasteiger charge is 2.25. The summed E-state index contributed by atoms with van der Waals surface area (Å²) in [6, 6.07) is 10.5. The van der Waals surface area contributed by atoms with Gasteiger partial charge in [-0.2, -0.15) is 0 Å². The number of likely N-dealkylation sites (tertiary alicyclic amines) is 1. The van der Waals surface area contributed by atoms with Crippen molar-refractivity contribution in [2.24, 2.45) is 0 Å². The van der Waals surface area contributed by atoms with Crippen LogP contribution in [0.2, 0.25) is 20.1 Å². The number of likely N-dealkylation sites (N-methyl/N-ethyl adjacent to an activating group) is 1. The molecule has 28 heavy (non-hydrogen) atoms. The van der Waals surface area contributed by atoms with Gasteiger partial charge in [-0.3, -0.25) is 9.69 Å². The molecular weight excluding hydrogens is 460 g/mol. The molecule has 1 aliphatic rings. The largest absolute Gasteiger partial charge is 0.295 e. The number of hydrogen-bond acceptors (Lipinski definition) is 2. The zero-order valence-electron chi connectivity index (χ0n) is 15.0. The van der Waals surface area contributed by atoms with Crippen molar-refractivity contribution in [1.29, 1.82) is 0 Å². The topological polar surface area (TPSA) is 20.3 Å². The number of carbonyl (C=O) groups excluding carboxylic acids is 1. The third-order valence-corrected chi connectivity index (χ3v) is 5.53. The van der Waals surface area contributed by atoms with Crippen LogP contribution >= 0.6 is 58.8 Å². The van der Waals surface area contributed by atoms with Crippen molar-refractivity contribution >= 4 is 76.7 Å². The normalized spacial score (nSPS) is 17.8. The molecule has 2 aromatic carbocycles. The SMILES string of the molecule is CCN1C/C(=C/c2ccc(Cl)cc2Cl)C(=O)/C(=C/c2ccc(Cl)cc2Cl)C1.Cl. The fraction of sp³-hybridized carbons (Fsp3) is 0.190. The van der Waals surface area contributed by atoms with Gasteiger partial charge < -0.3 is 0 Å². The van der Waals surface area contributed by atoms with Crippen LogP contribution < -0.4 is 0 Å². The Labute approximate surface area is 191 Å². The number of rotatable bonds is 3. The molecule has 7 heteroatoms.